The van der Waals surface area contributed by atoms with Crippen molar-refractivity contribution in [3.63, 3.8) is 0 Å². The van der Waals surface area contributed by atoms with Crippen molar-refractivity contribution in [1.82, 2.24) is 9.78 Å². The SMILES string of the molecule is O=C(O)c1ccn(-c2ccc(S(=O)(=O)O)cc2)n1. The van der Waals surface area contributed by atoms with E-state index in [1.807, 2.05) is 0 Å². The van der Waals surface area contributed by atoms with Crippen molar-refractivity contribution in [2.24, 2.45) is 0 Å². The maximum absolute atomic E-state index is 10.8. The molecule has 0 fully saturated rings. The lowest BCUT2D eigenvalue weighted by Gasteiger charge is -2.02. The topological polar surface area (TPSA) is 109 Å². The zero-order valence-corrected chi connectivity index (χ0v) is 9.70. The molecule has 0 aliphatic heterocycles. The van der Waals surface area contributed by atoms with Crippen LogP contribution in [0.25, 0.3) is 5.69 Å². The largest absolute Gasteiger partial charge is 0.476 e. The van der Waals surface area contributed by atoms with Gasteiger partial charge in [0.15, 0.2) is 5.69 Å². The molecular formula is C10H8N2O5S. The smallest absolute Gasteiger partial charge is 0.356 e. The average molecular weight is 268 g/mol. The van der Waals surface area contributed by atoms with E-state index in [4.69, 9.17) is 9.66 Å². The number of carbonyl (C=O) groups is 1. The fourth-order valence-corrected chi connectivity index (χ4v) is 1.83. The van der Waals surface area contributed by atoms with Crippen LogP contribution in [0.4, 0.5) is 0 Å². The molecule has 1 aromatic carbocycles. The van der Waals surface area contributed by atoms with Gasteiger partial charge in [0.05, 0.1) is 10.6 Å². The molecule has 0 spiro atoms. The van der Waals surface area contributed by atoms with E-state index in [1.165, 1.54) is 41.2 Å². The summed E-state index contributed by atoms with van der Waals surface area (Å²) in [4.78, 5) is 10.4. The number of carboxylic acids is 1. The molecule has 2 N–H and O–H groups in total. The molecule has 0 unspecified atom stereocenters. The van der Waals surface area contributed by atoms with Crippen molar-refractivity contribution in [3.8, 4) is 5.69 Å². The lowest BCUT2D eigenvalue weighted by atomic mass is 10.3. The molecule has 0 aliphatic carbocycles. The second kappa shape index (κ2) is 4.24. The summed E-state index contributed by atoms with van der Waals surface area (Å²) in [5.41, 5.74) is 0.365. The molecule has 0 atom stereocenters. The Bertz CT molecular complexity index is 687. The van der Waals surface area contributed by atoms with Gasteiger partial charge in [0, 0.05) is 6.20 Å². The molecule has 18 heavy (non-hydrogen) atoms. The van der Waals surface area contributed by atoms with Crippen LogP contribution in [-0.2, 0) is 10.1 Å². The van der Waals surface area contributed by atoms with E-state index in [9.17, 15) is 13.2 Å². The van der Waals surface area contributed by atoms with Crippen LogP contribution >= 0.6 is 0 Å². The molecule has 2 rings (SSSR count). The molecule has 1 heterocycles. The van der Waals surface area contributed by atoms with Crippen LogP contribution < -0.4 is 0 Å². The maximum Gasteiger partial charge on any atom is 0.356 e. The van der Waals surface area contributed by atoms with Gasteiger partial charge in [-0.25, -0.2) is 9.48 Å². The first-order valence-corrected chi connectivity index (χ1v) is 6.19. The fraction of sp³-hybridized carbons (Fsp3) is 0. The fourth-order valence-electron chi connectivity index (χ4n) is 1.35. The van der Waals surface area contributed by atoms with E-state index in [0.29, 0.717) is 5.69 Å². The lowest BCUT2D eigenvalue weighted by Crippen LogP contribution is -2.02. The number of carboxylic acid groups (broad SMARTS) is 1. The van der Waals surface area contributed by atoms with Gasteiger partial charge in [0.25, 0.3) is 10.1 Å². The third kappa shape index (κ3) is 2.39. The van der Waals surface area contributed by atoms with Crippen molar-refractivity contribution in [2.45, 2.75) is 4.90 Å². The number of hydrogen-bond acceptors (Lipinski definition) is 4. The molecule has 2 aromatic rings. The summed E-state index contributed by atoms with van der Waals surface area (Å²) < 4.78 is 31.7. The van der Waals surface area contributed by atoms with Gasteiger partial charge in [-0.2, -0.15) is 13.5 Å². The minimum atomic E-state index is -4.23. The summed E-state index contributed by atoms with van der Waals surface area (Å²) in [6.07, 6.45) is 1.44. The highest BCUT2D eigenvalue weighted by Gasteiger charge is 2.10. The Hall–Kier alpha value is -2.19. The predicted octanol–water partition coefficient (Wildman–Crippen LogP) is 0.817. The van der Waals surface area contributed by atoms with Crippen LogP contribution in [0.5, 0.6) is 0 Å². The van der Waals surface area contributed by atoms with Gasteiger partial charge in [-0.15, -0.1) is 0 Å². The van der Waals surface area contributed by atoms with E-state index in [2.05, 4.69) is 5.10 Å². The standard InChI is InChI=1S/C10H8N2O5S/c13-10(14)9-5-6-12(11-9)7-1-3-8(4-2-7)18(15,16)17/h1-6H,(H,13,14)(H,15,16,17). The highest BCUT2D eigenvalue weighted by atomic mass is 32.2. The summed E-state index contributed by atoms with van der Waals surface area (Å²) in [6.45, 7) is 0. The average Bonchev–Trinajstić information content (AvgIpc) is 2.77. The molecule has 0 aliphatic rings. The van der Waals surface area contributed by atoms with Gasteiger partial charge in [0.1, 0.15) is 0 Å². The molecule has 8 heteroatoms. The quantitative estimate of drug-likeness (QED) is 0.797. The summed E-state index contributed by atoms with van der Waals surface area (Å²) >= 11 is 0. The third-order valence-electron chi connectivity index (χ3n) is 2.21. The van der Waals surface area contributed by atoms with Crippen LogP contribution in [0.15, 0.2) is 41.4 Å². The van der Waals surface area contributed by atoms with Gasteiger partial charge in [0.2, 0.25) is 0 Å². The minimum absolute atomic E-state index is 0.117. The van der Waals surface area contributed by atoms with Crippen LogP contribution in [0.3, 0.4) is 0 Å². The van der Waals surface area contributed by atoms with E-state index in [1.54, 1.807) is 0 Å². The zero-order valence-electron chi connectivity index (χ0n) is 8.89. The second-order valence-corrected chi connectivity index (χ2v) is 4.84. The van der Waals surface area contributed by atoms with E-state index >= 15 is 0 Å². The Kier molecular flexibility index (Phi) is 2.89. The van der Waals surface area contributed by atoms with Crippen LogP contribution in [0.2, 0.25) is 0 Å². The summed E-state index contributed by atoms with van der Waals surface area (Å²) in [5, 5.41) is 12.5. The molecule has 7 nitrogen and oxygen atoms in total. The zero-order chi connectivity index (χ0) is 13.3. The third-order valence-corrected chi connectivity index (χ3v) is 3.08. The molecule has 1 aromatic heterocycles. The van der Waals surface area contributed by atoms with Gasteiger partial charge >= 0.3 is 5.97 Å². The van der Waals surface area contributed by atoms with Crippen LogP contribution in [0, 0.1) is 0 Å². The first-order valence-electron chi connectivity index (χ1n) is 4.75. The first kappa shape index (κ1) is 12.3. The monoisotopic (exact) mass is 268 g/mol. The highest BCUT2D eigenvalue weighted by molar-refractivity contribution is 7.85. The Morgan fingerprint density at radius 1 is 1.17 bits per heavy atom. The minimum Gasteiger partial charge on any atom is -0.476 e. The summed E-state index contributed by atoms with van der Waals surface area (Å²) in [7, 11) is -4.23. The summed E-state index contributed by atoms with van der Waals surface area (Å²) in [5.74, 6) is -1.15. The number of aromatic nitrogens is 2. The lowest BCUT2D eigenvalue weighted by molar-refractivity contribution is 0.0690. The van der Waals surface area contributed by atoms with Crippen molar-refractivity contribution in [3.05, 3.63) is 42.2 Å². The molecular weight excluding hydrogens is 260 g/mol. The van der Waals surface area contributed by atoms with Crippen molar-refractivity contribution in [1.29, 1.82) is 0 Å². The van der Waals surface area contributed by atoms with E-state index < -0.39 is 16.1 Å². The number of nitrogens with zero attached hydrogens (tertiary/aromatic N) is 2. The number of hydrogen-bond donors (Lipinski definition) is 2. The molecule has 94 valence electrons. The van der Waals surface area contributed by atoms with E-state index in [-0.39, 0.29) is 10.6 Å². The Labute approximate surface area is 102 Å². The van der Waals surface area contributed by atoms with Gasteiger partial charge in [-0.05, 0) is 30.3 Å². The van der Waals surface area contributed by atoms with Crippen molar-refractivity contribution < 1.29 is 22.9 Å². The van der Waals surface area contributed by atoms with Crippen molar-refractivity contribution in [2.75, 3.05) is 0 Å². The Morgan fingerprint density at radius 2 is 1.78 bits per heavy atom. The molecule has 0 amide bonds. The highest BCUT2D eigenvalue weighted by Crippen LogP contribution is 2.13. The number of benzene rings is 1. The molecule has 0 saturated heterocycles. The molecule has 0 bridgehead atoms. The van der Waals surface area contributed by atoms with Crippen LogP contribution in [-0.4, -0.2) is 33.8 Å². The second-order valence-electron chi connectivity index (χ2n) is 3.42. The van der Waals surface area contributed by atoms with Crippen LogP contribution in [0.1, 0.15) is 10.5 Å². The summed E-state index contributed by atoms with van der Waals surface area (Å²) in [6, 6.07) is 6.53. The number of rotatable bonds is 3. The maximum atomic E-state index is 10.8. The molecule has 0 saturated carbocycles. The van der Waals surface area contributed by atoms with Gasteiger partial charge < -0.3 is 5.11 Å². The Balaban J connectivity index is 2.37. The van der Waals surface area contributed by atoms with E-state index in [0.717, 1.165) is 0 Å². The molecule has 0 radical (unpaired) electrons. The van der Waals surface area contributed by atoms with Gasteiger partial charge in [-0.1, -0.05) is 0 Å². The van der Waals surface area contributed by atoms with Gasteiger partial charge in [-0.3, -0.25) is 4.55 Å². The Morgan fingerprint density at radius 3 is 2.22 bits per heavy atom. The normalized spacial score (nSPS) is 11.4. The number of aromatic carboxylic acids is 1. The first-order chi connectivity index (χ1) is 8.38. The predicted molar refractivity (Wildman–Crippen MR) is 60.3 cm³/mol. The van der Waals surface area contributed by atoms with Crippen molar-refractivity contribution >= 4 is 16.1 Å².